The minimum Gasteiger partial charge on any atom is -0.453 e. The number of ether oxygens (including phenoxy) is 4. The molecule has 2 atom stereocenters. The van der Waals surface area contributed by atoms with Crippen LogP contribution in [0.1, 0.15) is 75.4 Å². The highest BCUT2D eigenvalue weighted by molar-refractivity contribution is 5.91. The second-order valence-electron chi connectivity index (χ2n) is 11.3. The quantitative estimate of drug-likeness (QED) is 0.0923. The van der Waals surface area contributed by atoms with E-state index in [-0.39, 0.29) is 12.0 Å². The van der Waals surface area contributed by atoms with E-state index >= 15 is 0 Å². The maximum atomic E-state index is 13.4. The highest BCUT2D eigenvalue weighted by Gasteiger charge is 2.32. The third-order valence-electron chi connectivity index (χ3n) is 7.72. The predicted molar refractivity (Wildman–Crippen MR) is 183 cm³/mol. The SMILES string of the molecule is CCc1ccc(C(=O)Oc2ccc(CCC(=O)OC(c3ccccc3)C(OC(=O)c3ccc(OC(C)=O)cc3)c3ccccc3)cc2)cc1. The lowest BCUT2D eigenvalue weighted by molar-refractivity contribution is -0.156. The molecule has 5 rings (SSSR count). The van der Waals surface area contributed by atoms with Gasteiger partial charge in [0.1, 0.15) is 11.5 Å². The predicted octanol–water partition coefficient (Wildman–Crippen LogP) is 8.21. The first-order valence-corrected chi connectivity index (χ1v) is 16.0. The van der Waals surface area contributed by atoms with Crippen LogP contribution in [0.4, 0.5) is 0 Å². The van der Waals surface area contributed by atoms with E-state index in [1.807, 2.05) is 67.6 Å². The van der Waals surface area contributed by atoms with Gasteiger partial charge in [0, 0.05) is 13.3 Å². The van der Waals surface area contributed by atoms with Crippen LogP contribution in [0.2, 0.25) is 0 Å². The van der Waals surface area contributed by atoms with Crippen molar-refractivity contribution in [2.45, 2.75) is 45.3 Å². The summed E-state index contributed by atoms with van der Waals surface area (Å²) in [5.41, 5.74) is 3.98. The normalized spacial score (nSPS) is 11.9. The molecule has 0 radical (unpaired) electrons. The van der Waals surface area contributed by atoms with Gasteiger partial charge in [0.25, 0.3) is 0 Å². The Kier molecular flexibility index (Phi) is 11.7. The van der Waals surface area contributed by atoms with E-state index in [9.17, 15) is 19.2 Å². The van der Waals surface area contributed by atoms with Crippen molar-refractivity contribution < 1.29 is 38.1 Å². The Morgan fingerprint density at radius 2 is 1.00 bits per heavy atom. The molecule has 0 saturated carbocycles. The second-order valence-corrected chi connectivity index (χ2v) is 11.3. The van der Waals surface area contributed by atoms with Gasteiger partial charge in [-0.2, -0.15) is 0 Å². The van der Waals surface area contributed by atoms with Gasteiger partial charge < -0.3 is 18.9 Å². The summed E-state index contributed by atoms with van der Waals surface area (Å²) >= 11 is 0. The summed E-state index contributed by atoms with van der Waals surface area (Å²) in [6.07, 6.45) is -0.611. The maximum absolute atomic E-state index is 13.4. The fourth-order valence-electron chi connectivity index (χ4n) is 5.12. The average molecular weight is 657 g/mol. The Morgan fingerprint density at radius 3 is 1.55 bits per heavy atom. The summed E-state index contributed by atoms with van der Waals surface area (Å²) in [5, 5.41) is 0. The molecular weight excluding hydrogens is 620 g/mol. The molecule has 0 aliphatic rings. The highest BCUT2D eigenvalue weighted by Crippen LogP contribution is 2.36. The molecule has 2 unspecified atom stereocenters. The van der Waals surface area contributed by atoms with Gasteiger partial charge in [0.05, 0.1) is 11.1 Å². The molecule has 5 aromatic rings. The van der Waals surface area contributed by atoms with Crippen LogP contribution in [0.15, 0.2) is 133 Å². The van der Waals surface area contributed by atoms with Gasteiger partial charge in [-0.15, -0.1) is 0 Å². The van der Waals surface area contributed by atoms with Gasteiger partial charge >= 0.3 is 23.9 Å². The summed E-state index contributed by atoms with van der Waals surface area (Å²) in [5.74, 6) is -1.35. The Balaban J connectivity index is 1.27. The lowest BCUT2D eigenvalue weighted by Gasteiger charge is -2.28. The zero-order valence-corrected chi connectivity index (χ0v) is 27.2. The molecule has 0 heterocycles. The lowest BCUT2D eigenvalue weighted by Crippen LogP contribution is -2.23. The largest absolute Gasteiger partial charge is 0.453 e. The minimum atomic E-state index is -0.972. The zero-order valence-electron chi connectivity index (χ0n) is 27.2. The van der Waals surface area contributed by atoms with Crippen molar-refractivity contribution in [2.75, 3.05) is 0 Å². The highest BCUT2D eigenvalue weighted by atomic mass is 16.6. The first-order valence-electron chi connectivity index (χ1n) is 16.0. The molecule has 248 valence electrons. The Morgan fingerprint density at radius 1 is 0.531 bits per heavy atom. The summed E-state index contributed by atoms with van der Waals surface area (Å²) < 4.78 is 22.7. The van der Waals surface area contributed by atoms with Crippen LogP contribution in [0.5, 0.6) is 11.5 Å². The maximum Gasteiger partial charge on any atom is 0.343 e. The molecule has 8 nitrogen and oxygen atoms in total. The van der Waals surface area contributed by atoms with Crippen molar-refractivity contribution >= 4 is 23.9 Å². The standard InChI is InChI=1S/C41H36O8/c1-3-29-14-19-33(20-15-29)40(44)47-36-23-16-30(17-24-36)18-27-37(43)48-38(31-10-6-4-7-11-31)39(32-12-8-5-9-13-32)49-41(45)34-21-25-35(26-22-34)46-28(2)42/h4-17,19-26,38-39H,3,18,27H2,1-2H3. The van der Waals surface area contributed by atoms with Crippen LogP contribution in [0, 0.1) is 0 Å². The molecule has 0 amide bonds. The molecule has 0 aliphatic carbocycles. The number of benzene rings is 5. The lowest BCUT2D eigenvalue weighted by atomic mass is 9.97. The zero-order chi connectivity index (χ0) is 34.6. The van der Waals surface area contributed by atoms with Gasteiger partial charge in [-0.1, -0.05) is 91.9 Å². The van der Waals surface area contributed by atoms with Crippen LogP contribution < -0.4 is 9.47 Å². The Bertz CT molecular complexity index is 1850. The van der Waals surface area contributed by atoms with Crippen molar-refractivity contribution in [1.29, 1.82) is 0 Å². The van der Waals surface area contributed by atoms with Crippen molar-refractivity contribution in [2.24, 2.45) is 0 Å². The van der Waals surface area contributed by atoms with Crippen LogP contribution in [-0.2, 0) is 31.9 Å². The summed E-state index contributed by atoms with van der Waals surface area (Å²) in [6.45, 7) is 3.34. The number of hydrogen-bond acceptors (Lipinski definition) is 8. The monoisotopic (exact) mass is 656 g/mol. The Hall–Kier alpha value is -6.02. The third kappa shape index (κ3) is 9.74. The Labute approximate surface area is 285 Å². The van der Waals surface area contributed by atoms with E-state index in [1.54, 1.807) is 48.5 Å². The fraction of sp³-hybridized carbons (Fsp3) is 0.171. The molecule has 0 fully saturated rings. The molecule has 5 aromatic carbocycles. The molecule has 0 aliphatic heterocycles. The van der Waals surface area contributed by atoms with Gasteiger partial charge in [-0.3, -0.25) is 9.59 Å². The van der Waals surface area contributed by atoms with Crippen LogP contribution >= 0.6 is 0 Å². The van der Waals surface area contributed by atoms with Gasteiger partial charge in [0.2, 0.25) is 0 Å². The van der Waals surface area contributed by atoms with Crippen LogP contribution in [0.3, 0.4) is 0 Å². The number of hydrogen-bond donors (Lipinski definition) is 0. The first-order chi connectivity index (χ1) is 23.8. The first kappa shape index (κ1) is 34.3. The minimum absolute atomic E-state index is 0.0549. The molecule has 0 bridgehead atoms. The van der Waals surface area contributed by atoms with E-state index in [0.29, 0.717) is 34.6 Å². The van der Waals surface area contributed by atoms with Crippen molar-refractivity contribution in [3.05, 3.63) is 167 Å². The van der Waals surface area contributed by atoms with E-state index in [2.05, 4.69) is 0 Å². The summed E-state index contributed by atoms with van der Waals surface area (Å²) in [6, 6.07) is 38.5. The van der Waals surface area contributed by atoms with Crippen molar-refractivity contribution in [3.63, 3.8) is 0 Å². The van der Waals surface area contributed by atoms with E-state index in [4.69, 9.17) is 18.9 Å². The topological polar surface area (TPSA) is 105 Å². The number of aryl methyl sites for hydroxylation is 2. The number of carbonyl (C=O) groups is 4. The number of rotatable bonds is 13. The average Bonchev–Trinajstić information content (AvgIpc) is 3.13. The molecule has 0 aromatic heterocycles. The summed E-state index contributed by atoms with van der Waals surface area (Å²) in [7, 11) is 0. The van der Waals surface area contributed by atoms with E-state index in [1.165, 1.54) is 31.2 Å². The second kappa shape index (κ2) is 16.7. The van der Waals surface area contributed by atoms with Gasteiger partial charge in [-0.05, 0) is 83.6 Å². The molecular formula is C41H36O8. The summed E-state index contributed by atoms with van der Waals surface area (Å²) in [4.78, 5) is 50.6. The van der Waals surface area contributed by atoms with E-state index in [0.717, 1.165) is 17.5 Å². The van der Waals surface area contributed by atoms with Crippen molar-refractivity contribution in [3.8, 4) is 11.5 Å². The molecule has 49 heavy (non-hydrogen) atoms. The molecule has 0 N–H and O–H groups in total. The van der Waals surface area contributed by atoms with E-state index < -0.39 is 36.1 Å². The fourth-order valence-corrected chi connectivity index (χ4v) is 5.12. The van der Waals surface area contributed by atoms with Crippen molar-refractivity contribution in [1.82, 2.24) is 0 Å². The van der Waals surface area contributed by atoms with Crippen LogP contribution in [0.25, 0.3) is 0 Å². The molecule has 0 saturated heterocycles. The van der Waals surface area contributed by atoms with Crippen LogP contribution in [-0.4, -0.2) is 23.9 Å². The smallest absolute Gasteiger partial charge is 0.343 e. The number of carbonyl (C=O) groups excluding carboxylic acids is 4. The molecule has 0 spiro atoms. The van der Waals surface area contributed by atoms with Gasteiger partial charge in [0.15, 0.2) is 12.2 Å². The van der Waals surface area contributed by atoms with Gasteiger partial charge in [-0.25, -0.2) is 9.59 Å². The third-order valence-corrected chi connectivity index (χ3v) is 7.72. The number of esters is 4. The molecule has 8 heteroatoms.